The number of nitrogens with zero attached hydrogens (tertiary/aromatic N) is 1. The van der Waals surface area contributed by atoms with Crippen molar-refractivity contribution in [3.63, 3.8) is 0 Å². The van der Waals surface area contributed by atoms with Gasteiger partial charge in [-0.3, -0.25) is 9.59 Å². The van der Waals surface area contributed by atoms with Crippen LogP contribution in [-0.2, 0) is 4.79 Å². The van der Waals surface area contributed by atoms with Gasteiger partial charge in [-0.1, -0.05) is 0 Å². The van der Waals surface area contributed by atoms with E-state index in [0.29, 0.717) is 12.1 Å². The minimum Gasteiger partial charge on any atom is -0.382 e. The highest BCUT2D eigenvalue weighted by Crippen LogP contribution is 2.27. The number of carbonyl (C=O) groups excluding carboxylic acids is 2. The lowest BCUT2D eigenvalue weighted by molar-refractivity contribution is -0.124. The van der Waals surface area contributed by atoms with Gasteiger partial charge in [0.25, 0.3) is 5.91 Å². The minimum absolute atomic E-state index is 0.0729. The number of amides is 2. The van der Waals surface area contributed by atoms with Gasteiger partial charge in [-0.05, 0) is 31.0 Å². The molecule has 0 bridgehead atoms. The molecule has 0 aliphatic carbocycles. The Bertz CT molecular complexity index is 573. The van der Waals surface area contributed by atoms with Crippen molar-refractivity contribution in [3.05, 3.63) is 23.8 Å². The first-order valence-electron chi connectivity index (χ1n) is 7.35. The molecular weight excluding hydrogens is 268 g/mol. The highest BCUT2D eigenvalue weighted by Gasteiger charge is 2.34. The maximum atomic E-state index is 12.7. The van der Waals surface area contributed by atoms with Crippen LogP contribution < -0.4 is 16.0 Å². The van der Waals surface area contributed by atoms with Crippen molar-refractivity contribution >= 4 is 23.2 Å². The molecule has 0 spiro atoms. The molecule has 1 unspecified atom stereocenters. The number of nitrogens with one attached hydrogen (secondary N) is 3. The Hall–Kier alpha value is -2.24. The quantitative estimate of drug-likeness (QED) is 0.755. The monoisotopic (exact) mass is 288 g/mol. The average Bonchev–Trinajstić information content (AvgIpc) is 3.02. The molecule has 2 heterocycles. The molecule has 1 saturated heterocycles. The van der Waals surface area contributed by atoms with Gasteiger partial charge in [-0.2, -0.15) is 0 Å². The first-order valence-corrected chi connectivity index (χ1v) is 7.35. The van der Waals surface area contributed by atoms with Crippen LogP contribution in [0.2, 0.25) is 0 Å². The molecule has 3 N–H and O–H groups in total. The normalized spacial score (nSPS) is 20.2. The van der Waals surface area contributed by atoms with Gasteiger partial charge in [-0.25, -0.2) is 0 Å². The van der Waals surface area contributed by atoms with Crippen molar-refractivity contribution in [1.29, 1.82) is 0 Å². The Morgan fingerprint density at radius 2 is 2.00 bits per heavy atom. The van der Waals surface area contributed by atoms with E-state index in [2.05, 4.69) is 16.0 Å². The molecule has 0 saturated carbocycles. The molecule has 1 atom stereocenters. The van der Waals surface area contributed by atoms with Crippen LogP contribution in [0.1, 0.15) is 23.2 Å². The van der Waals surface area contributed by atoms with E-state index in [4.69, 9.17) is 0 Å². The second kappa shape index (κ2) is 5.63. The van der Waals surface area contributed by atoms with Crippen LogP contribution in [0.5, 0.6) is 0 Å². The third-order valence-electron chi connectivity index (χ3n) is 4.09. The summed E-state index contributed by atoms with van der Waals surface area (Å²) in [5.74, 6) is -0.158. The summed E-state index contributed by atoms with van der Waals surface area (Å²) in [6.07, 6.45) is 1.60. The lowest BCUT2D eigenvalue weighted by Gasteiger charge is -2.25. The maximum Gasteiger partial charge on any atom is 0.254 e. The zero-order valence-corrected chi connectivity index (χ0v) is 12.1. The Kier molecular flexibility index (Phi) is 3.68. The third kappa shape index (κ3) is 2.53. The van der Waals surface area contributed by atoms with Crippen molar-refractivity contribution in [2.75, 3.05) is 37.3 Å². The van der Waals surface area contributed by atoms with Crippen molar-refractivity contribution < 1.29 is 9.59 Å². The number of likely N-dealkylation sites (tertiary alicyclic amines) is 1. The van der Waals surface area contributed by atoms with Gasteiger partial charge in [0.05, 0.1) is 11.4 Å². The molecule has 6 heteroatoms. The lowest BCUT2D eigenvalue weighted by atomic mass is 10.1. The molecule has 21 heavy (non-hydrogen) atoms. The first kappa shape index (κ1) is 13.7. The third-order valence-corrected chi connectivity index (χ3v) is 4.09. The Balaban J connectivity index is 1.83. The predicted molar refractivity (Wildman–Crippen MR) is 81.5 cm³/mol. The van der Waals surface area contributed by atoms with E-state index < -0.39 is 0 Å². The van der Waals surface area contributed by atoms with Crippen LogP contribution in [0.4, 0.5) is 11.4 Å². The van der Waals surface area contributed by atoms with Crippen LogP contribution in [0.3, 0.4) is 0 Å². The van der Waals surface area contributed by atoms with E-state index in [1.54, 1.807) is 11.9 Å². The standard InChI is InChI=1S/C15H20N4O2/c1-16-14(20)13-3-2-8-19(13)15(21)10-4-5-11-12(9-10)18-7-6-17-11/h4-5,9,13,17-18H,2-3,6-8H2,1H3,(H,16,20). The number of likely N-dealkylation sites (N-methyl/N-ethyl adjacent to an activating group) is 1. The van der Waals surface area contributed by atoms with Crippen LogP contribution >= 0.6 is 0 Å². The fourth-order valence-corrected chi connectivity index (χ4v) is 2.99. The second-order valence-electron chi connectivity index (χ2n) is 5.38. The number of carbonyl (C=O) groups is 2. The average molecular weight is 288 g/mol. The van der Waals surface area contributed by atoms with Gasteiger partial charge in [-0.15, -0.1) is 0 Å². The van der Waals surface area contributed by atoms with Gasteiger partial charge >= 0.3 is 0 Å². The number of hydrogen-bond donors (Lipinski definition) is 3. The highest BCUT2D eigenvalue weighted by molar-refractivity contribution is 5.99. The fourth-order valence-electron chi connectivity index (χ4n) is 2.99. The smallest absolute Gasteiger partial charge is 0.254 e. The zero-order valence-electron chi connectivity index (χ0n) is 12.1. The molecule has 0 radical (unpaired) electrons. The molecule has 1 aromatic carbocycles. The molecule has 2 aliphatic rings. The Labute approximate surface area is 123 Å². The predicted octanol–water partition coefficient (Wildman–Crippen LogP) is 0.875. The number of rotatable bonds is 2. The van der Waals surface area contributed by atoms with Gasteiger partial charge in [0.2, 0.25) is 5.91 Å². The van der Waals surface area contributed by atoms with Gasteiger partial charge in [0.1, 0.15) is 6.04 Å². The highest BCUT2D eigenvalue weighted by atomic mass is 16.2. The maximum absolute atomic E-state index is 12.7. The van der Waals surface area contributed by atoms with Crippen LogP contribution in [0.25, 0.3) is 0 Å². The molecule has 3 rings (SSSR count). The SMILES string of the molecule is CNC(=O)C1CCCN1C(=O)c1ccc2c(c1)NCCN2. The molecule has 2 aliphatic heterocycles. The van der Waals surface area contributed by atoms with Crippen molar-refractivity contribution in [2.24, 2.45) is 0 Å². The molecular formula is C15H20N4O2. The lowest BCUT2D eigenvalue weighted by Crippen LogP contribution is -2.44. The van der Waals surface area contributed by atoms with E-state index in [0.717, 1.165) is 37.3 Å². The number of fused-ring (bicyclic) bond motifs is 1. The van der Waals surface area contributed by atoms with Crippen molar-refractivity contribution in [3.8, 4) is 0 Å². The molecule has 6 nitrogen and oxygen atoms in total. The van der Waals surface area contributed by atoms with E-state index >= 15 is 0 Å². The van der Waals surface area contributed by atoms with E-state index in [9.17, 15) is 9.59 Å². The van der Waals surface area contributed by atoms with Crippen molar-refractivity contribution in [1.82, 2.24) is 10.2 Å². The summed E-state index contributed by atoms with van der Waals surface area (Å²) in [6.45, 7) is 2.36. The first-order chi connectivity index (χ1) is 10.2. The topological polar surface area (TPSA) is 73.5 Å². The summed E-state index contributed by atoms with van der Waals surface area (Å²) in [5.41, 5.74) is 2.59. The summed E-state index contributed by atoms with van der Waals surface area (Å²) in [7, 11) is 1.61. The van der Waals surface area contributed by atoms with Crippen molar-refractivity contribution in [2.45, 2.75) is 18.9 Å². The van der Waals surface area contributed by atoms with Gasteiger partial charge in [0, 0.05) is 32.2 Å². The molecule has 112 valence electrons. The number of benzene rings is 1. The van der Waals surface area contributed by atoms with E-state index in [1.165, 1.54) is 0 Å². The minimum atomic E-state index is -0.343. The fraction of sp³-hybridized carbons (Fsp3) is 0.467. The summed E-state index contributed by atoms with van der Waals surface area (Å²) in [4.78, 5) is 26.2. The number of hydrogen-bond acceptors (Lipinski definition) is 4. The Morgan fingerprint density at radius 3 is 2.76 bits per heavy atom. The van der Waals surface area contributed by atoms with Crippen LogP contribution in [-0.4, -0.2) is 49.4 Å². The summed E-state index contributed by atoms with van der Waals surface area (Å²) in [6, 6.07) is 5.26. The van der Waals surface area contributed by atoms with E-state index in [-0.39, 0.29) is 17.9 Å². The zero-order chi connectivity index (χ0) is 14.8. The molecule has 0 aromatic heterocycles. The summed E-state index contributed by atoms with van der Waals surface area (Å²) in [5, 5.41) is 9.20. The molecule has 1 fully saturated rings. The van der Waals surface area contributed by atoms with Gasteiger partial charge in [0.15, 0.2) is 0 Å². The second-order valence-corrected chi connectivity index (χ2v) is 5.38. The molecule has 1 aromatic rings. The molecule has 2 amide bonds. The van der Waals surface area contributed by atoms with Crippen LogP contribution in [0.15, 0.2) is 18.2 Å². The van der Waals surface area contributed by atoms with Crippen LogP contribution in [0, 0.1) is 0 Å². The summed E-state index contributed by atoms with van der Waals surface area (Å²) < 4.78 is 0. The summed E-state index contributed by atoms with van der Waals surface area (Å²) >= 11 is 0. The van der Waals surface area contributed by atoms with Gasteiger partial charge < -0.3 is 20.9 Å². The Morgan fingerprint density at radius 1 is 1.24 bits per heavy atom. The number of anilines is 2. The largest absolute Gasteiger partial charge is 0.382 e. The van der Waals surface area contributed by atoms with E-state index in [1.807, 2.05) is 18.2 Å².